The van der Waals surface area contributed by atoms with Crippen LogP contribution in [0.5, 0.6) is 5.88 Å². The molecule has 1 N–H and O–H groups in total. The van der Waals surface area contributed by atoms with Gasteiger partial charge in [-0.15, -0.1) is 0 Å². The summed E-state index contributed by atoms with van der Waals surface area (Å²) >= 11 is 0. The fourth-order valence-corrected chi connectivity index (χ4v) is 2.00. The molecule has 7 nitrogen and oxygen atoms in total. The van der Waals surface area contributed by atoms with E-state index in [1.165, 1.54) is 13.4 Å². The third-order valence-corrected chi connectivity index (χ3v) is 2.88. The second-order valence-electron chi connectivity index (χ2n) is 4.26. The van der Waals surface area contributed by atoms with Gasteiger partial charge in [-0.1, -0.05) is 6.92 Å². The number of anilines is 1. The zero-order chi connectivity index (χ0) is 12.4. The molecule has 1 heterocycles. The Morgan fingerprint density at radius 1 is 1.53 bits per heavy atom. The molecule has 0 spiro atoms. The Labute approximate surface area is 98.4 Å². The maximum atomic E-state index is 11.0. The smallest absolute Gasteiger partial charge is 0.372 e. The van der Waals surface area contributed by atoms with Crippen LogP contribution in [0.4, 0.5) is 11.5 Å². The van der Waals surface area contributed by atoms with Crippen LogP contribution in [0.25, 0.3) is 0 Å². The Balaban J connectivity index is 2.23. The van der Waals surface area contributed by atoms with E-state index in [2.05, 4.69) is 22.2 Å². The van der Waals surface area contributed by atoms with Crippen molar-refractivity contribution in [3.8, 4) is 5.88 Å². The maximum absolute atomic E-state index is 11.0. The summed E-state index contributed by atoms with van der Waals surface area (Å²) < 4.78 is 4.87. The fraction of sp³-hybridized carbons (Fsp3) is 0.600. The molecule has 0 bridgehead atoms. The van der Waals surface area contributed by atoms with Gasteiger partial charge < -0.3 is 10.1 Å². The molecular formula is C10H14N4O3. The topological polar surface area (TPSA) is 90.2 Å². The van der Waals surface area contributed by atoms with Gasteiger partial charge in [0.2, 0.25) is 5.82 Å². The Bertz CT molecular complexity index is 432. The molecule has 1 aliphatic carbocycles. The molecule has 1 aromatic rings. The van der Waals surface area contributed by atoms with Crippen molar-refractivity contribution in [2.75, 3.05) is 12.4 Å². The lowest BCUT2D eigenvalue weighted by atomic mass is 9.82. The van der Waals surface area contributed by atoms with Gasteiger partial charge in [-0.25, -0.2) is 4.98 Å². The van der Waals surface area contributed by atoms with Crippen molar-refractivity contribution in [3.05, 3.63) is 16.4 Å². The van der Waals surface area contributed by atoms with Crippen molar-refractivity contribution >= 4 is 11.5 Å². The second-order valence-corrected chi connectivity index (χ2v) is 4.26. The number of hydrogen-bond donors (Lipinski definition) is 1. The van der Waals surface area contributed by atoms with Crippen molar-refractivity contribution in [1.29, 1.82) is 0 Å². The highest BCUT2D eigenvalue weighted by Gasteiger charge is 2.30. The van der Waals surface area contributed by atoms with Crippen molar-refractivity contribution in [3.63, 3.8) is 0 Å². The SMILES string of the molecule is COc1ncnc(NC2CC(C)C2)c1[N+](=O)[O-]. The number of hydrogen-bond acceptors (Lipinski definition) is 6. The molecule has 0 aliphatic heterocycles. The van der Waals surface area contributed by atoms with Crippen LogP contribution in [0.1, 0.15) is 19.8 Å². The molecule has 0 radical (unpaired) electrons. The van der Waals surface area contributed by atoms with Crippen molar-refractivity contribution in [1.82, 2.24) is 9.97 Å². The zero-order valence-corrected chi connectivity index (χ0v) is 9.71. The van der Waals surface area contributed by atoms with E-state index in [1.807, 2.05) is 0 Å². The van der Waals surface area contributed by atoms with E-state index in [9.17, 15) is 10.1 Å². The highest BCUT2D eigenvalue weighted by molar-refractivity contribution is 5.61. The monoisotopic (exact) mass is 238 g/mol. The van der Waals surface area contributed by atoms with Crippen LogP contribution in [-0.4, -0.2) is 28.0 Å². The molecule has 2 rings (SSSR count). The number of ether oxygens (including phenoxy) is 1. The molecule has 0 saturated heterocycles. The van der Waals surface area contributed by atoms with E-state index in [1.54, 1.807) is 0 Å². The number of aromatic nitrogens is 2. The molecule has 1 fully saturated rings. The van der Waals surface area contributed by atoms with E-state index in [4.69, 9.17) is 4.74 Å². The van der Waals surface area contributed by atoms with E-state index >= 15 is 0 Å². The van der Waals surface area contributed by atoms with Gasteiger partial charge in [0.05, 0.1) is 12.0 Å². The third kappa shape index (κ3) is 2.27. The van der Waals surface area contributed by atoms with Crippen LogP contribution in [0.15, 0.2) is 6.33 Å². The first-order valence-corrected chi connectivity index (χ1v) is 5.41. The molecule has 7 heteroatoms. The van der Waals surface area contributed by atoms with Crippen molar-refractivity contribution in [2.45, 2.75) is 25.8 Å². The van der Waals surface area contributed by atoms with Gasteiger partial charge in [0.1, 0.15) is 6.33 Å². The van der Waals surface area contributed by atoms with Gasteiger partial charge in [-0.3, -0.25) is 10.1 Å². The van der Waals surface area contributed by atoms with Gasteiger partial charge >= 0.3 is 5.69 Å². The Morgan fingerprint density at radius 2 is 2.24 bits per heavy atom. The standard InChI is InChI=1S/C10H14N4O3/c1-6-3-7(4-6)13-9-8(14(15)16)10(17-2)12-5-11-9/h5-7H,3-4H2,1-2H3,(H,11,12,13). The number of nitrogens with zero attached hydrogens (tertiary/aromatic N) is 3. The van der Waals surface area contributed by atoms with E-state index < -0.39 is 4.92 Å². The molecule has 92 valence electrons. The Hall–Kier alpha value is -1.92. The minimum atomic E-state index is -0.525. The van der Waals surface area contributed by atoms with Crippen LogP contribution in [-0.2, 0) is 0 Å². The molecule has 17 heavy (non-hydrogen) atoms. The average Bonchev–Trinajstić information content (AvgIpc) is 2.26. The van der Waals surface area contributed by atoms with Gasteiger partial charge in [0.15, 0.2) is 0 Å². The Kier molecular flexibility index (Phi) is 3.08. The van der Waals surface area contributed by atoms with E-state index in [0.29, 0.717) is 5.92 Å². The predicted molar refractivity (Wildman–Crippen MR) is 61.0 cm³/mol. The average molecular weight is 238 g/mol. The summed E-state index contributed by atoms with van der Waals surface area (Å²) in [5, 5.41) is 14.0. The Morgan fingerprint density at radius 3 is 2.76 bits per heavy atom. The summed E-state index contributed by atoms with van der Waals surface area (Å²) in [6, 6.07) is 0.253. The quantitative estimate of drug-likeness (QED) is 0.633. The number of nitrogens with one attached hydrogen (secondary N) is 1. The van der Waals surface area contributed by atoms with Crippen LogP contribution < -0.4 is 10.1 Å². The van der Waals surface area contributed by atoms with Crippen LogP contribution >= 0.6 is 0 Å². The second kappa shape index (κ2) is 4.52. The predicted octanol–water partition coefficient (Wildman–Crippen LogP) is 1.60. The summed E-state index contributed by atoms with van der Waals surface area (Å²) in [4.78, 5) is 18.1. The molecule has 1 saturated carbocycles. The lowest BCUT2D eigenvalue weighted by Gasteiger charge is -2.33. The first kappa shape index (κ1) is 11.6. The first-order valence-electron chi connectivity index (χ1n) is 5.41. The highest BCUT2D eigenvalue weighted by atomic mass is 16.6. The van der Waals surface area contributed by atoms with Crippen LogP contribution in [0, 0.1) is 16.0 Å². The third-order valence-electron chi connectivity index (χ3n) is 2.88. The lowest BCUT2D eigenvalue weighted by Crippen LogP contribution is -2.34. The summed E-state index contributed by atoms with van der Waals surface area (Å²) in [7, 11) is 1.35. The molecular weight excluding hydrogens is 224 g/mol. The van der Waals surface area contributed by atoms with Crippen LogP contribution in [0.2, 0.25) is 0 Å². The van der Waals surface area contributed by atoms with Crippen LogP contribution in [0.3, 0.4) is 0 Å². The maximum Gasteiger partial charge on any atom is 0.372 e. The van der Waals surface area contributed by atoms with Gasteiger partial charge in [0.25, 0.3) is 5.88 Å². The summed E-state index contributed by atoms with van der Waals surface area (Å²) in [5.41, 5.74) is -0.199. The largest absolute Gasteiger partial charge is 0.476 e. The molecule has 1 aliphatic rings. The minimum Gasteiger partial charge on any atom is -0.476 e. The lowest BCUT2D eigenvalue weighted by molar-refractivity contribution is -0.385. The zero-order valence-electron chi connectivity index (χ0n) is 9.71. The van der Waals surface area contributed by atoms with Crippen molar-refractivity contribution < 1.29 is 9.66 Å². The van der Waals surface area contributed by atoms with Gasteiger partial charge in [-0.05, 0) is 18.8 Å². The van der Waals surface area contributed by atoms with E-state index in [0.717, 1.165) is 12.8 Å². The molecule has 1 aromatic heterocycles. The summed E-state index contributed by atoms with van der Waals surface area (Å²) in [6.07, 6.45) is 3.27. The molecule has 0 aromatic carbocycles. The molecule has 0 unspecified atom stereocenters. The number of rotatable bonds is 4. The van der Waals surface area contributed by atoms with Gasteiger partial charge in [0, 0.05) is 6.04 Å². The minimum absolute atomic E-state index is 0.0140. The summed E-state index contributed by atoms with van der Waals surface area (Å²) in [6.45, 7) is 2.15. The summed E-state index contributed by atoms with van der Waals surface area (Å²) in [5.74, 6) is 0.883. The first-order chi connectivity index (χ1) is 8.11. The number of methoxy groups -OCH3 is 1. The van der Waals surface area contributed by atoms with E-state index in [-0.39, 0.29) is 23.4 Å². The van der Waals surface area contributed by atoms with Crippen molar-refractivity contribution in [2.24, 2.45) is 5.92 Å². The van der Waals surface area contributed by atoms with Gasteiger partial charge in [-0.2, -0.15) is 4.98 Å². The molecule has 0 atom stereocenters. The fourth-order valence-electron chi connectivity index (χ4n) is 2.00. The number of nitro groups is 1. The molecule has 0 amide bonds. The highest BCUT2D eigenvalue weighted by Crippen LogP contribution is 2.35. The normalized spacial score (nSPS) is 22.7.